The molecular formula is C24H33N3O4. The molecule has 1 amide bonds. The summed E-state index contributed by atoms with van der Waals surface area (Å²) >= 11 is 0. The third-order valence-corrected chi connectivity index (χ3v) is 6.31. The van der Waals surface area contributed by atoms with E-state index in [9.17, 15) is 9.59 Å². The third-order valence-electron chi connectivity index (χ3n) is 6.31. The average Bonchev–Trinajstić information content (AvgIpc) is 2.73. The maximum atomic E-state index is 12.9. The van der Waals surface area contributed by atoms with Crippen LogP contribution in [0.1, 0.15) is 37.5 Å². The van der Waals surface area contributed by atoms with Crippen LogP contribution in [-0.4, -0.2) is 67.7 Å². The Kier molecular flexibility index (Phi) is 5.83. The van der Waals surface area contributed by atoms with E-state index in [1.165, 1.54) is 0 Å². The zero-order chi connectivity index (χ0) is 22.3. The maximum Gasteiger partial charge on any atom is 0.341 e. The number of fused-ring (bicyclic) bond motifs is 3. The highest BCUT2D eigenvalue weighted by atomic mass is 16.5. The number of carbonyl (C=O) groups is 1. The zero-order valence-electron chi connectivity index (χ0n) is 19.3. The summed E-state index contributed by atoms with van der Waals surface area (Å²) in [5.74, 6) is -0.0957. The minimum absolute atomic E-state index is 0.0191. The number of likely N-dealkylation sites (N-methyl/N-ethyl adjacent to an activating group) is 1. The van der Waals surface area contributed by atoms with Crippen molar-refractivity contribution < 1.29 is 13.9 Å². The van der Waals surface area contributed by atoms with E-state index in [0.29, 0.717) is 24.1 Å². The van der Waals surface area contributed by atoms with E-state index >= 15 is 0 Å². The molecule has 0 spiro atoms. The van der Waals surface area contributed by atoms with Gasteiger partial charge in [0.25, 0.3) is 0 Å². The summed E-state index contributed by atoms with van der Waals surface area (Å²) in [4.78, 5) is 31.9. The van der Waals surface area contributed by atoms with Gasteiger partial charge in [-0.2, -0.15) is 0 Å². The number of nitrogens with zero attached hydrogens (tertiary/aromatic N) is 3. The average molecular weight is 428 g/mol. The van der Waals surface area contributed by atoms with Crippen molar-refractivity contribution in [2.45, 2.75) is 46.3 Å². The largest absolute Gasteiger partial charge is 0.422 e. The normalized spacial score (nSPS) is 17.8. The lowest BCUT2D eigenvalue weighted by Crippen LogP contribution is -2.44. The third kappa shape index (κ3) is 4.48. The first kappa shape index (κ1) is 21.8. The number of ether oxygens (including phenoxy) is 1. The molecule has 1 saturated heterocycles. The molecule has 0 radical (unpaired) electrons. The smallest absolute Gasteiger partial charge is 0.341 e. The molecule has 4 rings (SSSR count). The van der Waals surface area contributed by atoms with E-state index in [1.807, 2.05) is 27.7 Å². The number of benzene rings is 1. The van der Waals surface area contributed by atoms with Crippen molar-refractivity contribution in [3.8, 4) is 0 Å². The Morgan fingerprint density at radius 2 is 1.81 bits per heavy atom. The van der Waals surface area contributed by atoms with Crippen LogP contribution in [0.5, 0.6) is 0 Å². The second-order valence-corrected chi connectivity index (χ2v) is 9.69. The van der Waals surface area contributed by atoms with Gasteiger partial charge >= 0.3 is 5.63 Å². The molecule has 1 aromatic heterocycles. The zero-order valence-corrected chi connectivity index (χ0v) is 19.3. The number of piperazine rings is 1. The minimum Gasteiger partial charge on any atom is -0.422 e. The summed E-state index contributed by atoms with van der Waals surface area (Å²) < 4.78 is 11.4. The van der Waals surface area contributed by atoms with E-state index in [-0.39, 0.29) is 30.3 Å². The highest BCUT2D eigenvalue weighted by molar-refractivity contribution is 5.89. The van der Waals surface area contributed by atoms with Crippen molar-refractivity contribution in [1.82, 2.24) is 9.80 Å². The molecule has 0 atom stereocenters. The number of aryl methyl sites for hydroxylation is 1. The van der Waals surface area contributed by atoms with E-state index < -0.39 is 0 Å². The Bertz CT molecular complexity index is 1050. The summed E-state index contributed by atoms with van der Waals surface area (Å²) in [6.45, 7) is 12.7. The fraction of sp³-hybridized carbons (Fsp3) is 0.583. The van der Waals surface area contributed by atoms with Gasteiger partial charge < -0.3 is 23.9 Å². The van der Waals surface area contributed by atoms with Crippen molar-refractivity contribution in [3.63, 3.8) is 0 Å². The monoisotopic (exact) mass is 427 g/mol. The van der Waals surface area contributed by atoms with Crippen LogP contribution < -0.4 is 10.5 Å². The van der Waals surface area contributed by atoms with Crippen LogP contribution >= 0.6 is 0 Å². The Morgan fingerprint density at radius 1 is 1.10 bits per heavy atom. The summed E-state index contributed by atoms with van der Waals surface area (Å²) in [5.41, 5.74) is 3.72. The standard InChI is InChI=1S/C24H33N3O4/c1-16-20(26-12-10-25(5)11-13-26)7-6-18-17-8-9-27(21(28)15-30-24(2,3)4)14-19(17)23(29)31-22(16)18/h6-7H,8-15H2,1-5H3. The molecule has 2 aromatic rings. The van der Waals surface area contributed by atoms with Gasteiger partial charge in [0.15, 0.2) is 0 Å². The Labute approximate surface area is 183 Å². The van der Waals surface area contributed by atoms with E-state index in [1.54, 1.807) is 4.90 Å². The number of rotatable bonds is 3. The fourth-order valence-electron chi connectivity index (χ4n) is 4.43. The van der Waals surface area contributed by atoms with Crippen LogP contribution in [-0.2, 0) is 22.5 Å². The molecule has 0 N–H and O–H groups in total. The molecule has 7 heteroatoms. The van der Waals surface area contributed by atoms with Crippen LogP contribution in [0.2, 0.25) is 0 Å². The van der Waals surface area contributed by atoms with E-state index in [2.05, 4.69) is 29.0 Å². The molecule has 3 heterocycles. The lowest BCUT2D eigenvalue weighted by molar-refractivity contribution is -0.142. The Morgan fingerprint density at radius 3 is 2.48 bits per heavy atom. The highest BCUT2D eigenvalue weighted by Crippen LogP contribution is 2.32. The van der Waals surface area contributed by atoms with Crippen LogP contribution in [0, 0.1) is 6.92 Å². The van der Waals surface area contributed by atoms with Gasteiger partial charge in [0.1, 0.15) is 12.2 Å². The molecule has 1 fully saturated rings. The Hall–Kier alpha value is -2.38. The lowest BCUT2D eigenvalue weighted by atomic mass is 9.95. The molecule has 7 nitrogen and oxygen atoms in total. The highest BCUT2D eigenvalue weighted by Gasteiger charge is 2.28. The number of hydrogen-bond acceptors (Lipinski definition) is 6. The number of hydrogen-bond donors (Lipinski definition) is 0. The van der Waals surface area contributed by atoms with Gasteiger partial charge in [-0.3, -0.25) is 4.79 Å². The SMILES string of the molecule is Cc1c(N2CCN(C)CC2)ccc2c3c(c(=O)oc12)CN(C(=O)COC(C)(C)C)CC3. The quantitative estimate of drug-likeness (QED) is 0.702. The van der Waals surface area contributed by atoms with Gasteiger partial charge in [0, 0.05) is 49.4 Å². The van der Waals surface area contributed by atoms with Crippen LogP contribution in [0.3, 0.4) is 0 Å². The summed E-state index contributed by atoms with van der Waals surface area (Å²) in [6.07, 6.45) is 0.645. The number of carbonyl (C=O) groups excluding carboxylic acids is 1. The fourth-order valence-corrected chi connectivity index (χ4v) is 4.43. The summed E-state index contributed by atoms with van der Waals surface area (Å²) in [6, 6.07) is 4.23. The Balaban J connectivity index is 1.62. The van der Waals surface area contributed by atoms with Crippen molar-refractivity contribution in [3.05, 3.63) is 39.2 Å². The van der Waals surface area contributed by atoms with Crippen molar-refractivity contribution in [1.29, 1.82) is 0 Å². The first-order valence-corrected chi connectivity index (χ1v) is 11.1. The topological polar surface area (TPSA) is 66.2 Å². The molecule has 0 saturated carbocycles. The first-order chi connectivity index (χ1) is 14.6. The van der Waals surface area contributed by atoms with Gasteiger partial charge in [-0.15, -0.1) is 0 Å². The van der Waals surface area contributed by atoms with Gasteiger partial charge in [0.05, 0.1) is 17.7 Å². The molecule has 31 heavy (non-hydrogen) atoms. The summed E-state index contributed by atoms with van der Waals surface area (Å²) in [7, 11) is 2.14. The lowest BCUT2D eigenvalue weighted by Gasteiger charge is -2.35. The molecular weight excluding hydrogens is 394 g/mol. The molecule has 168 valence electrons. The molecule has 2 aliphatic heterocycles. The predicted molar refractivity (Wildman–Crippen MR) is 122 cm³/mol. The van der Waals surface area contributed by atoms with Crippen LogP contribution in [0.15, 0.2) is 21.3 Å². The van der Waals surface area contributed by atoms with E-state index in [4.69, 9.17) is 9.15 Å². The molecule has 2 aliphatic rings. The number of amides is 1. The second kappa shape index (κ2) is 8.28. The van der Waals surface area contributed by atoms with Gasteiger partial charge in [-0.05, 0) is 58.9 Å². The first-order valence-electron chi connectivity index (χ1n) is 11.1. The predicted octanol–water partition coefficient (Wildman–Crippen LogP) is 2.55. The van der Waals surface area contributed by atoms with Gasteiger partial charge in [-0.25, -0.2) is 4.79 Å². The molecule has 0 bridgehead atoms. The van der Waals surface area contributed by atoms with Crippen molar-refractivity contribution >= 4 is 22.6 Å². The summed E-state index contributed by atoms with van der Waals surface area (Å²) in [5, 5.41) is 0.989. The number of anilines is 1. The second-order valence-electron chi connectivity index (χ2n) is 9.69. The molecule has 0 unspecified atom stereocenters. The molecule has 0 aliphatic carbocycles. The van der Waals surface area contributed by atoms with E-state index in [0.717, 1.165) is 48.4 Å². The van der Waals surface area contributed by atoms with Crippen molar-refractivity contribution in [2.75, 3.05) is 51.3 Å². The maximum absolute atomic E-state index is 12.9. The van der Waals surface area contributed by atoms with Crippen LogP contribution in [0.25, 0.3) is 11.0 Å². The van der Waals surface area contributed by atoms with Crippen molar-refractivity contribution in [2.24, 2.45) is 0 Å². The van der Waals surface area contributed by atoms with Gasteiger partial charge in [-0.1, -0.05) is 0 Å². The minimum atomic E-state index is -0.377. The van der Waals surface area contributed by atoms with Crippen LogP contribution in [0.4, 0.5) is 5.69 Å². The molecule has 1 aromatic carbocycles. The van der Waals surface area contributed by atoms with Gasteiger partial charge in [0.2, 0.25) is 5.91 Å².